The molecule has 0 radical (unpaired) electrons. The van der Waals surface area contributed by atoms with Gasteiger partial charge in [-0.25, -0.2) is 4.68 Å². The predicted molar refractivity (Wildman–Crippen MR) is 74.0 cm³/mol. The molecule has 17 heavy (non-hydrogen) atoms. The normalized spacial score (nSPS) is 10.7. The van der Waals surface area contributed by atoms with Crippen molar-refractivity contribution in [1.29, 1.82) is 0 Å². The molecule has 0 atom stereocenters. The van der Waals surface area contributed by atoms with Gasteiger partial charge >= 0.3 is 0 Å². The van der Waals surface area contributed by atoms with E-state index in [2.05, 4.69) is 48.6 Å². The first-order valence-corrected chi connectivity index (χ1v) is 7.25. The Morgan fingerprint density at radius 3 is 2.59 bits per heavy atom. The summed E-state index contributed by atoms with van der Waals surface area (Å²) in [6.07, 6.45) is 7.63. The fraction of sp³-hybridized carbons (Fsp3) is 0.357. The minimum absolute atomic E-state index is 1.08. The summed E-state index contributed by atoms with van der Waals surface area (Å²) >= 11 is 1.76. The molecule has 3 heteroatoms. The molecule has 0 bridgehead atoms. The zero-order chi connectivity index (χ0) is 12.1. The Bertz CT molecular complexity index is 459. The third-order valence-electron chi connectivity index (χ3n) is 2.77. The van der Waals surface area contributed by atoms with Crippen LogP contribution in [0.3, 0.4) is 0 Å². The van der Waals surface area contributed by atoms with Crippen LogP contribution >= 0.6 is 11.8 Å². The molecule has 2 aromatic rings. The number of hydrogen-bond acceptors (Lipinski definition) is 2. The number of aromatic nitrogens is 2. The lowest BCUT2D eigenvalue weighted by Crippen LogP contribution is -1.96. The maximum atomic E-state index is 4.58. The number of benzene rings is 1. The summed E-state index contributed by atoms with van der Waals surface area (Å²) in [5.74, 6) is 0. The van der Waals surface area contributed by atoms with Gasteiger partial charge in [-0.3, -0.25) is 0 Å². The van der Waals surface area contributed by atoms with Crippen LogP contribution in [0, 0.1) is 0 Å². The Morgan fingerprint density at radius 1 is 1.18 bits per heavy atom. The molecular weight excluding hydrogens is 228 g/mol. The highest BCUT2D eigenvalue weighted by molar-refractivity contribution is 7.98. The van der Waals surface area contributed by atoms with Crippen LogP contribution in [0.1, 0.15) is 25.5 Å². The first-order valence-electron chi connectivity index (χ1n) is 6.02. The zero-order valence-electron chi connectivity index (χ0n) is 10.4. The van der Waals surface area contributed by atoms with Gasteiger partial charge < -0.3 is 0 Å². The van der Waals surface area contributed by atoms with Gasteiger partial charge in [0.15, 0.2) is 0 Å². The second kappa shape index (κ2) is 5.92. The van der Waals surface area contributed by atoms with Crippen molar-refractivity contribution in [2.24, 2.45) is 0 Å². The van der Waals surface area contributed by atoms with E-state index >= 15 is 0 Å². The first kappa shape index (κ1) is 12.2. The Balaban J connectivity index is 2.12. The van der Waals surface area contributed by atoms with E-state index in [1.54, 1.807) is 11.8 Å². The van der Waals surface area contributed by atoms with Crippen LogP contribution in [-0.4, -0.2) is 16.0 Å². The number of nitrogens with zero attached hydrogens (tertiary/aromatic N) is 2. The van der Waals surface area contributed by atoms with E-state index in [4.69, 9.17) is 0 Å². The van der Waals surface area contributed by atoms with Gasteiger partial charge in [-0.1, -0.05) is 13.3 Å². The van der Waals surface area contributed by atoms with E-state index in [1.807, 2.05) is 10.9 Å². The molecule has 1 aromatic carbocycles. The molecule has 0 spiro atoms. The van der Waals surface area contributed by atoms with E-state index in [9.17, 15) is 0 Å². The van der Waals surface area contributed by atoms with Crippen LogP contribution in [0.4, 0.5) is 0 Å². The van der Waals surface area contributed by atoms with Gasteiger partial charge in [0.1, 0.15) is 0 Å². The van der Waals surface area contributed by atoms with Crippen molar-refractivity contribution in [3.05, 3.63) is 42.2 Å². The topological polar surface area (TPSA) is 17.8 Å². The highest BCUT2D eigenvalue weighted by atomic mass is 32.2. The van der Waals surface area contributed by atoms with Crippen LogP contribution in [0.5, 0.6) is 0 Å². The summed E-state index contributed by atoms with van der Waals surface area (Å²) in [7, 11) is 0. The summed E-state index contributed by atoms with van der Waals surface area (Å²) in [6, 6.07) is 10.6. The van der Waals surface area contributed by atoms with Crippen molar-refractivity contribution in [3.8, 4) is 5.69 Å². The molecule has 2 nitrogen and oxygen atoms in total. The highest BCUT2D eigenvalue weighted by Crippen LogP contribution is 2.17. The fourth-order valence-electron chi connectivity index (χ4n) is 1.73. The Morgan fingerprint density at radius 2 is 1.94 bits per heavy atom. The summed E-state index contributed by atoms with van der Waals surface area (Å²) in [5, 5.41) is 4.58. The lowest BCUT2D eigenvalue weighted by Gasteiger charge is -2.02. The van der Waals surface area contributed by atoms with Crippen molar-refractivity contribution < 1.29 is 0 Å². The fourth-order valence-corrected chi connectivity index (χ4v) is 2.14. The average Bonchev–Trinajstić information content (AvgIpc) is 2.85. The molecule has 90 valence electrons. The van der Waals surface area contributed by atoms with Gasteiger partial charge in [-0.05, 0) is 49.4 Å². The van der Waals surface area contributed by atoms with E-state index in [-0.39, 0.29) is 0 Å². The molecule has 0 aliphatic rings. The SMILES string of the molecule is CCCCc1ccn(-c2ccc(SC)cc2)n1. The van der Waals surface area contributed by atoms with Gasteiger partial charge in [0, 0.05) is 11.1 Å². The molecule has 0 N–H and O–H groups in total. The predicted octanol–water partition coefficient (Wildman–Crippen LogP) is 3.94. The molecule has 2 rings (SSSR count). The maximum Gasteiger partial charge on any atom is 0.0646 e. The molecule has 1 heterocycles. The second-order valence-corrected chi connectivity index (χ2v) is 4.93. The maximum absolute atomic E-state index is 4.58. The first-order chi connectivity index (χ1) is 8.33. The molecule has 0 unspecified atom stereocenters. The van der Waals surface area contributed by atoms with Crippen LogP contribution in [-0.2, 0) is 6.42 Å². The van der Waals surface area contributed by atoms with Gasteiger partial charge in [-0.15, -0.1) is 11.8 Å². The Kier molecular flexibility index (Phi) is 4.26. The molecule has 0 aliphatic heterocycles. The number of aryl methyl sites for hydroxylation is 1. The quantitative estimate of drug-likeness (QED) is 0.744. The molecule has 0 amide bonds. The number of rotatable bonds is 5. The number of hydrogen-bond donors (Lipinski definition) is 0. The minimum Gasteiger partial charge on any atom is -0.241 e. The number of unbranched alkanes of at least 4 members (excludes halogenated alkanes) is 1. The summed E-state index contributed by atoms with van der Waals surface area (Å²) in [5.41, 5.74) is 2.31. The van der Waals surface area contributed by atoms with Crippen LogP contribution < -0.4 is 0 Å². The molecule has 0 saturated heterocycles. The van der Waals surface area contributed by atoms with Crippen molar-refractivity contribution in [2.45, 2.75) is 31.1 Å². The van der Waals surface area contributed by atoms with Crippen LogP contribution in [0.2, 0.25) is 0 Å². The van der Waals surface area contributed by atoms with Gasteiger partial charge in [0.2, 0.25) is 0 Å². The van der Waals surface area contributed by atoms with Crippen molar-refractivity contribution in [3.63, 3.8) is 0 Å². The van der Waals surface area contributed by atoms with E-state index in [0.717, 1.165) is 12.1 Å². The smallest absolute Gasteiger partial charge is 0.0646 e. The highest BCUT2D eigenvalue weighted by Gasteiger charge is 2.00. The summed E-state index contributed by atoms with van der Waals surface area (Å²) in [4.78, 5) is 1.28. The van der Waals surface area contributed by atoms with E-state index in [1.165, 1.54) is 23.4 Å². The second-order valence-electron chi connectivity index (χ2n) is 4.05. The minimum atomic E-state index is 1.08. The van der Waals surface area contributed by atoms with Crippen molar-refractivity contribution in [1.82, 2.24) is 9.78 Å². The average molecular weight is 246 g/mol. The monoisotopic (exact) mass is 246 g/mol. The van der Waals surface area contributed by atoms with E-state index < -0.39 is 0 Å². The molecular formula is C14H18N2S. The van der Waals surface area contributed by atoms with Crippen LogP contribution in [0.15, 0.2) is 41.4 Å². The zero-order valence-corrected chi connectivity index (χ0v) is 11.2. The van der Waals surface area contributed by atoms with E-state index in [0.29, 0.717) is 0 Å². The molecule has 1 aromatic heterocycles. The summed E-state index contributed by atoms with van der Waals surface area (Å²) < 4.78 is 1.95. The van der Waals surface area contributed by atoms with Gasteiger partial charge in [0.05, 0.1) is 11.4 Å². The van der Waals surface area contributed by atoms with Crippen LogP contribution in [0.25, 0.3) is 5.69 Å². The largest absolute Gasteiger partial charge is 0.241 e. The third-order valence-corrected chi connectivity index (χ3v) is 3.51. The third kappa shape index (κ3) is 3.13. The standard InChI is InChI=1S/C14H18N2S/c1-3-4-5-12-10-11-16(15-12)13-6-8-14(17-2)9-7-13/h6-11H,3-5H2,1-2H3. The van der Waals surface area contributed by atoms with Gasteiger partial charge in [-0.2, -0.15) is 5.10 Å². The van der Waals surface area contributed by atoms with Crippen molar-refractivity contribution in [2.75, 3.05) is 6.26 Å². The lowest BCUT2D eigenvalue weighted by molar-refractivity contribution is 0.752. The molecule has 0 saturated carbocycles. The molecule has 0 aliphatic carbocycles. The number of thioether (sulfide) groups is 1. The van der Waals surface area contributed by atoms with Crippen molar-refractivity contribution >= 4 is 11.8 Å². The lowest BCUT2D eigenvalue weighted by atomic mass is 10.2. The molecule has 0 fully saturated rings. The Hall–Kier alpha value is -1.22. The summed E-state index contributed by atoms with van der Waals surface area (Å²) in [6.45, 7) is 2.21. The van der Waals surface area contributed by atoms with Gasteiger partial charge in [0.25, 0.3) is 0 Å². The Labute approximate surface area is 107 Å².